The molecule has 1 aromatic carbocycles. The summed E-state index contributed by atoms with van der Waals surface area (Å²) in [6, 6.07) is 3.86. The molecule has 1 aromatic rings. The standard InChI is InChI=1S/C14H19FN4O2/c15-10-1-2-12(11(16)9-10)18-14(21)4-7-19-6-3-13(20)17-5-8-19/h1-2,9H,3-8,16H2,(H,17,20)(H,18,21). The number of benzene rings is 1. The molecule has 0 spiro atoms. The number of anilines is 2. The van der Waals surface area contributed by atoms with Crippen molar-refractivity contribution in [3.05, 3.63) is 24.0 Å². The molecule has 1 saturated heterocycles. The molecule has 0 radical (unpaired) electrons. The van der Waals surface area contributed by atoms with Crippen LogP contribution in [-0.2, 0) is 9.59 Å². The predicted molar refractivity (Wildman–Crippen MR) is 78.1 cm³/mol. The van der Waals surface area contributed by atoms with E-state index >= 15 is 0 Å². The Bertz CT molecular complexity index is 536. The first-order valence-electron chi connectivity index (χ1n) is 6.88. The van der Waals surface area contributed by atoms with Crippen LogP contribution in [0.2, 0.25) is 0 Å². The highest BCUT2D eigenvalue weighted by Crippen LogP contribution is 2.19. The van der Waals surface area contributed by atoms with Crippen LogP contribution in [0.4, 0.5) is 15.8 Å². The maximum atomic E-state index is 12.9. The molecule has 0 aliphatic carbocycles. The van der Waals surface area contributed by atoms with Gasteiger partial charge in [0.1, 0.15) is 5.82 Å². The van der Waals surface area contributed by atoms with E-state index in [1.807, 2.05) is 0 Å². The highest BCUT2D eigenvalue weighted by molar-refractivity contribution is 5.93. The molecule has 4 N–H and O–H groups in total. The zero-order valence-electron chi connectivity index (χ0n) is 11.7. The second-order valence-corrected chi connectivity index (χ2v) is 4.97. The summed E-state index contributed by atoms with van der Waals surface area (Å²) < 4.78 is 12.9. The molecule has 1 heterocycles. The van der Waals surface area contributed by atoms with Crippen LogP contribution in [0.25, 0.3) is 0 Å². The van der Waals surface area contributed by atoms with Crippen molar-refractivity contribution in [2.24, 2.45) is 0 Å². The average molecular weight is 294 g/mol. The van der Waals surface area contributed by atoms with Gasteiger partial charge in [0.2, 0.25) is 11.8 Å². The van der Waals surface area contributed by atoms with Gasteiger partial charge in [0.15, 0.2) is 0 Å². The minimum atomic E-state index is -0.438. The molecule has 114 valence electrons. The van der Waals surface area contributed by atoms with E-state index in [-0.39, 0.29) is 17.5 Å². The number of halogens is 1. The SMILES string of the molecule is Nc1cc(F)ccc1NC(=O)CCN1CCNC(=O)CC1. The van der Waals surface area contributed by atoms with Gasteiger partial charge in [-0.3, -0.25) is 9.59 Å². The third-order valence-corrected chi connectivity index (χ3v) is 3.35. The van der Waals surface area contributed by atoms with Crippen molar-refractivity contribution in [1.82, 2.24) is 10.2 Å². The highest BCUT2D eigenvalue weighted by Gasteiger charge is 2.14. The third kappa shape index (κ3) is 4.71. The molecule has 6 nitrogen and oxygen atoms in total. The fraction of sp³-hybridized carbons (Fsp3) is 0.429. The lowest BCUT2D eigenvalue weighted by atomic mass is 10.2. The molecular weight excluding hydrogens is 275 g/mol. The van der Waals surface area contributed by atoms with Gasteiger partial charge in [0, 0.05) is 39.0 Å². The number of hydrogen-bond acceptors (Lipinski definition) is 4. The molecule has 21 heavy (non-hydrogen) atoms. The van der Waals surface area contributed by atoms with Crippen LogP contribution >= 0.6 is 0 Å². The van der Waals surface area contributed by atoms with Crippen LogP contribution in [0.5, 0.6) is 0 Å². The predicted octanol–water partition coefficient (Wildman–Crippen LogP) is 0.558. The molecule has 1 fully saturated rings. The van der Waals surface area contributed by atoms with Crippen LogP contribution in [0.3, 0.4) is 0 Å². The van der Waals surface area contributed by atoms with Crippen LogP contribution in [-0.4, -0.2) is 42.9 Å². The molecule has 0 atom stereocenters. The van der Waals surface area contributed by atoms with E-state index in [9.17, 15) is 14.0 Å². The normalized spacial score (nSPS) is 16.1. The first-order valence-corrected chi connectivity index (χ1v) is 6.88. The van der Waals surface area contributed by atoms with Gasteiger partial charge in [0.25, 0.3) is 0 Å². The van der Waals surface area contributed by atoms with Gasteiger partial charge in [0.05, 0.1) is 11.4 Å². The summed E-state index contributed by atoms with van der Waals surface area (Å²) in [5, 5.41) is 5.44. The molecule has 2 rings (SSSR count). The van der Waals surface area contributed by atoms with Crippen LogP contribution in [0.1, 0.15) is 12.8 Å². The number of carbonyl (C=O) groups is 2. The number of carbonyl (C=O) groups excluding carboxylic acids is 2. The van der Waals surface area contributed by atoms with Crippen molar-refractivity contribution in [3.63, 3.8) is 0 Å². The van der Waals surface area contributed by atoms with E-state index in [1.165, 1.54) is 18.2 Å². The van der Waals surface area contributed by atoms with E-state index in [0.29, 0.717) is 38.2 Å². The van der Waals surface area contributed by atoms with Crippen molar-refractivity contribution in [1.29, 1.82) is 0 Å². The first-order chi connectivity index (χ1) is 10.0. The van der Waals surface area contributed by atoms with Gasteiger partial charge in [-0.25, -0.2) is 4.39 Å². The summed E-state index contributed by atoms with van der Waals surface area (Å²) in [6.45, 7) is 2.56. The number of nitrogen functional groups attached to an aromatic ring is 1. The topological polar surface area (TPSA) is 87.5 Å². The van der Waals surface area contributed by atoms with E-state index in [0.717, 1.165) is 6.54 Å². The Balaban J connectivity index is 1.80. The zero-order valence-corrected chi connectivity index (χ0v) is 11.7. The molecule has 0 saturated carbocycles. The monoisotopic (exact) mass is 294 g/mol. The van der Waals surface area contributed by atoms with Crippen LogP contribution in [0, 0.1) is 5.82 Å². The second-order valence-electron chi connectivity index (χ2n) is 4.97. The van der Waals surface area contributed by atoms with Gasteiger partial charge < -0.3 is 21.3 Å². The Hall–Kier alpha value is -2.15. The summed E-state index contributed by atoms with van der Waals surface area (Å²) in [7, 11) is 0. The zero-order chi connectivity index (χ0) is 15.2. The number of hydrogen-bond donors (Lipinski definition) is 3. The minimum absolute atomic E-state index is 0.0426. The van der Waals surface area contributed by atoms with Crippen molar-refractivity contribution in [2.45, 2.75) is 12.8 Å². The van der Waals surface area contributed by atoms with Gasteiger partial charge in [-0.05, 0) is 18.2 Å². The Kier molecular flexibility index (Phi) is 5.10. The fourth-order valence-electron chi connectivity index (χ4n) is 2.16. The largest absolute Gasteiger partial charge is 0.397 e. The fourth-order valence-corrected chi connectivity index (χ4v) is 2.16. The van der Waals surface area contributed by atoms with E-state index in [4.69, 9.17) is 5.73 Å². The van der Waals surface area contributed by atoms with E-state index < -0.39 is 5.82 Å². The Morgan fingerprint density at radius 3 is 3.00 bits per heavy atom. The van der Waals surface area contributed by atoms with E-state index in [2.05, 4.69) is 15.5 Å². The molecule has 0 unspecified atom stereocenters. The van der Waals surface area contributed by atoms with E-state index in [1.54, 1.807) is 0 Å². The maximum Gasteiger partial charge on any atom is 0.225 e. The summed E-state index contributed by atoms with van der Waals surface area (Å²) in [6.07, 6.45) is 0.748. The molecule has 7 heteroatoms. The minimum Gasteiger partial charge on any atom is -0.397 e. The number of nitrogens with two attached hydrogens (primary N) is 1. The molecule has 1 aliphatic rings. The van der Waals surface area contributed by atoms with Crippen molar-refractivity contribution < 1.29 is 14.0 Å². The Labute approximate surface area is 122 Å². The maximum absolute atomic E-state index is 12.9. The van der Waals surface area contributed by atoms with Crippen molar-refractivity contribution in [2.75, 3.05) is 37.2 Å². The number of amides is 2. The second kappa shape index (κ2) is 7.03. The quantitative estimate of drug-likeness (QED) is 0.708. The smallest absolute Gasteiger partial charge is 0.225 e. The molecule has 1 aliphatic heterocycles. The van der Waals surface area contributed by atoms with Crippen molar-refractivity contribution in [3.8, 4) is 0 Å². The lowest BCUT2D eigenvalue weighted by Gasteiger charge is -2.18. The number of nitrogens with one attached hydrogen (secondary N) is 2. The number of nitrogens with zero attached hydrogens (tertiary/aromatic N) is 1. The van der Waals surface area contributed by atoms with Gasteiger partial charge in [-0.15, -0.1) is 0 Å². The van der Waals surface area contributed by atoms with Crippen LogP contribution in [0.15, 0.2) is 18.2 Å². The van der Waals surface area contributed by atoms with Gasteiger partial charge in [-0.1, -0.05) is 0 Å². The molecular formula is C14H19FN4O2. The molecule has 2 amide bonds. The van der Waals surface area contributed by atoms with Gasteiger partial charge >= 0.3 is 0 Å². The van der Waals surface area contributed by atoms with Crippen molar-refractivity contribution >= 4 is 23.2 Å². The first kappa shape index (κ1) is 15.2. The highest BCUT2D eigenvalue weighted by atomic mass is 19.1. The Morgan fingerprint density at radius 2 is 2.24 bits per heavy atom. The van der Waals surface area contributed by atoms with Gasteiger partial charge in [-0.2, -0.15) is 0 Å². The summed E-state index contributed by atoms with van der Waals surface area (Å²) in [5.74, 6) is -0.579. The summed E-state index contributed by atoms with van der Waals surface area (Å²) >= 11 is 0. The number of rotatable bonds is 4. The lowest BCUT2D eigenvalue weighted by molar-refractivity contribution is -0.120. The lowest BCUT2D eigenvalue weighted by Crippen LogP contribution is -2.31. The third-order valence-electron chi connectivity index (χ3n) is 3.35. The molecule has 0 bridgehead atoms. The Morgan fingerprint density at radius 1 is 1.43 bits per heavy atom. The summed E-state index contributed by atoms with van der Waals surface area (Å²) in [5.41, 5.74) is 6.25. The van der Waals surface area contributed by atoms with Crippen LogP contribution < -0.4 is 16.4 Å². The average Bonchev–Trinajstić information content (AvgIpc) is 2.64. The summed E-state index contributed by atoms with van der Waals surface area (Å²) in [4.78, 5) is 25.1. The molecule has 0 aromatic heterocycles.